The third-order valence-corrected chi connectivity index (χ3v) is 7.26. The van der Waals surface area contributed by atoms with Crippen LogP contribution >= 0.6 is 11.6 Å². The highest BCUT2D eigenvalue weighted by molar-refractivity contribution is 7.91. The first-order valence-corrected chi connectivity index (χ1v) is 11.8. The second kappa shape index (κ2) is 7.92. The molecular weight excluding hydrogens is 434 g/mol. The number of sulfone groups is 1. The van der Waals surface area contributed by atoms with E-state index in [-0.39, 0.29) is 5.75 Å². The first-order chi connectivity index (χ1) is 15.0. The molecule has 0 saturated carbocycles. The fraction of sp³-hybridized carbons (Fsp3) is 0.130. The summed E-state index contributed by atoms with van der Waals surface area (Å²) in [6, 6.07) is 18.0. The molecule has 0 amide bonds. The number of ether oxygens (including phenoxy) is 1. The van der Waals surface area contributed by atoms with E-state index in [1.54, 1.807) is 30.5 Å². The van der Waals surface area contributed by atoms with E-state index in [1.807, 2.05) is 36.4 Å². The van der Waals surface area contributed by atoms with E-state index >= 15 is 0 Å². The SMILES string of the molecule is O=S1(=O)CCNCc2ccc(-c3cc(Cl)c4cc(Oc5ccccn5)ccc4n3)cc21. The van der Waals surface area contributed by atoms with E-state index in [0.717, 1.165) is 10.9 Å². The van der Waals surface area contributed by atoms with Crippen LogP contribution < -0.4 is 10.1 Å². The van der Waals surface area contributed by atoms with Crippen LogP contribution in [-0.2, 0) is 16.4 Å². The van der Waals surface area contributed by atoms with E-state index in [1.165, 1.54) is 0 Å². The standard InChI is InChI=1S/C23H18ClN3O3S/c24-19-13-21(15-4-5-16-14-25-9-10-31(28,29)22(16)11-15)27-20-7-6-17(12-18(19)20)30-23-3-1-2-8-26-23/h1-8,11-13,25H,9-10,14H2. The Labute approximate surface area is 184 Å². The smallest absolute Gasteiger partial charge is 0.219 e. The predicted octanol–water partition coefficient (Wildman–Crippen LogP) is 4.62. The van der Waals surface area contributed by atoms with Crippen molar-refractivity contribution in [2.75, 3.05) is 12.3 Å². The molecule has 2 aromatic heterocycles. The van der Waals surface area contributed by atoms with Crippen molar-refractivity contribution in [1.29, 1.82) is 0 Å². The van der Waals surface area contributed by atoms with Crippen LogP contribution in [0.4, 0.5) is 0 Å². The average Bonchev–Trinajstić information content (AvgIpc) is 2.92. The van der Waals surface area contributed by atoms with Crippen molar-refractivity contribution in [3.8, 4) is 22.9 Å². The fourth-order valence-electron chi connectivity index (χ4n) is 3.59. The summed E-state index contributed by atoms with van der Waals surface area (Å²) in [6.07, 6.45) is 1.66. The Bertz CT molecular complexity index is 1390. The monoisotopic (exact) mass is 451 g/mol. The number of hydrogen-bond acceptors (Lipinski definition) is 6. The van der Waals surface area contributed by atoms with E-state index in [2.05, 4.69) is 10.3 Å². The number of fused-ring (bicyclic) bond motifs is 2. The molecule has 5 rings (SSSR count). The van der Waals surface area contributed by atoms with Crippen LogP contribution in [0.2, 0.25) is 5.02 Å². The van der Waals surface area contributed by atoms with Gasteiger partial charge in [0.2, 0.25) is 5.88 Å². The molecule has 3 heterocycles. The molecule has 0 radical (unpaired) electrons. The molecule has 1 N–H and O–H groups in total. The van der Waals surface area contributed by atoms with Crippen LogP contribution in [0.25, 0.3) is 22.2 Å². The van der Waals surface area contributed by atoms with Crippen LogP contribution in [0.15, 0.2) is 71.8 Å². The fourth-order valence-corrected chi connectivity index (χ4v) is 5.33. The number of nitrogens with one attached hydrogen (secondary N) is 1. The maximum Gasteiger partial charge on any atom is 0.219 e. The van der Waals surface area contributed by atoms with E-state index in [4.69, 9.17) is 21.3 Å². The first kappa shape index (κ1) is 19.9. The molecule has 0 atom stereocenters. The van der Waals surface area contributed by atoms with Gasteiger partial charge in [-0.3, -0.25) is 0 Å². The predicted molar refractivity (Wildman–Crippen MR) is 120 cm³/mol. The van der Waals surface area contributed by atoms with Gasteiger partial charge in [-0.05, 0) is 42.0 Å². The molecule has 0 unspecified atom stereocenters. The van der Waals surface area contributed by atoms with Gasteiger partial charge in [0.1, 0.15) is 5.75 Å². The second-order valence-electron chi connectivity index (χ2n) is 7.26. The molecule has 0 saturated heterocycles. The Morgan fingerprint density at radius 2 is 1.94 bits per heavy atom. The number of benzene rings is 2. The minimum absolute atomic E-state index is 0.0778. The number of halogens is 1. The minimum atomic E-state index is -3.34. The molecule has 0 spiro atoms. The quantitative estimate of drug-likeness (QED) is 0.489. The topological polar surface area (TPSA) is 81.2 Å². The summed E-state index contributed by atoms with van der Waals surface area (Å²) in [5.74, 6) is 1.17. The lowest BCUT2D eigenvalue weighted by atomic mass is 10.1. The van der Waals surface area contributed by atoms with Crippen LogP contribution in [0.1, 0.15) is 5.56 Å². The zero-order chi connectivity index (χ0) is 21.4. The van der Waals surface area contributed by atoms with Gasteiger partial charge in [0.15, 0.2) is 9.84 Å². The summed E-state index contributed by atoms with van der Waals surface area (Å²) in [6.45, 7) is 0.967. The van der Waals surface area contributed by atoms with Gasteiger partial charge < -0.3 is 10.1 Å². The highest BCUT2D eigenvalue weighted by atomic mass is 35.5. The molecule has 8 heteroatoms. The Hall–Kier alpha value is -3.00. The normalized spacial score (nSPS) is 15.3. The first-order valence-electron chi connectivity index (χ1n) is 9.76. The van der Waals surface area contributed by atoms with Crippen LogP contribution in [0, 0.1) is 0 Å². The van der Waals surface area contributed by atoms with Gasteiger partial charge in [0.05, 0.1) is 26.9 Å². The van der Waals surface area contributed by atoms with Gasteiger partial charge in [0.25, 0.3) is 0 Å². The Morgan fingerprint density at radius 3 is 2.77 bits per heavy atom. The molecule has 1 aliphatic heterocycles. The molecule has 4 aromatic rings. The number of hydrogen-bond donors (Lipinski definition) is 1. The van der Waals surface area contributed by atoms with Crippen molar-refractivity contribution in [3.05, 3.63) is 77.4 Å². The Morgan fingerprint density at radius 1 is 1.03 bits per heavy atom. The maximum absolute atomic E-state index is 12.6. The molecule has 6 nitrogen and oxygen atoms in total. The lowest BCUT2D eigenvalue weighted by Gasteiger charge is -2.11. The number of nitrogens with zero attached hydrogens (tertiary/aromatic N) is 2. The van der Waals surface area contributed by atoms with Crippen LogP contribution in [0.3, 0.4) is 0 Å². The van der Waals surface area contributed by atoms with Crippen LogP contribution in [-0.4, -0.2) is 30.7 Å². The Kier molecular flexibility index (Phi) is 5.09. The minimum Gasteiger partial charge on any atom is -0.439 e. The highest BCUT2D eigenvalue weighted by Crippen LogP contribution is 2.33. The highest BCUT2D eigenvalue weighted by Gasteiger charge is 2.22. The molecule has 0 aliphatic carbocycles. The number of pyridine rings is 2. The Balaban J connectivity index is 1.54. The zero-order valence-electron chi connectivity index (χ0n) is 16.4. The molecule has 0 fully saturated rings. The van der Waals surface area contributed by atoms with E-state index in [0.29, 0.717) is 51.4 Å². The lowest BCUT2D eigenvalue weighted by Crippen LogP contribution is -2.17. The zero-order valence-corrected chi connectivity index (χ0v) is 17.9. The molecule has 156 valence electrons. The third kappa shape index (κ3) is 3.99. The summed E-state index contributed by atoms with van der Waals surface area (Å²) >= 11 is 6.57. The molecule has 2 aromatic carbocycles. The van der Waals surface area contributed by atoms with Crippen molar-refractivity contribution < 1.29 is 13.2 Å². The van der Waals surface area contributed by atoms with Gasteiger partial charge in [-0.1, -0.05) is 29.8 Å². The summed E-state index contributed by atoms with van der Waals surface area (Å²) in [7, 11) is -3.34. The van der Waals surface area contributed by atoms with Crippen LogP contribution in [0.5, 0.6) is 11.6 Å². The lowest BCUT2D eigenvalue weighted by molar-refractivity contribution is 0.463. The van der Waals surface area contributed by atoms with Gasteiger partial charge in [0, 0.05) is 36.3 Å². The van der Waals surface area contributed by atoms with E-state index in [9.17, 15) is 8.42 Å². The van der Waals surface area contributed by atoms with Crippen molar-refractivity contribution >= 4 is 32.3 Å². The average molecular weight is 452 g/mol. The van der Waals surface area contributed by atoms with Crippen molar-refractivity contribution in [1.82, 2.24) is 15.3 Å². The van der Waals surface area contributed by atoms with Crippen molar-refractivity contribution in [3.63, 3.8) is 0 Å². The summed E-state index contributed by atoms with van der Waals surface area (Å²) in [5.41, 5.74) is 2.78. The molecule has 0 bridgehead atoms. The number of aromatic nitrogens is 2. The third-order valence-electron chi connectivity index (χ3n) is 5.15. The molecule has 31 heavy (non-hydrogen) atoms. The van der Waals surface area contributed by atoms with Gasteiger partial charge in [-0.25, -0.2) is 18.4 Å². The van der Waals surface area contributed by atoms with Crippen molar-refractivity contribution in [2.45, 2.75) is 11.4 Å². The van der Waals surface area contributed by atoms with Gasteiger partial charge in [-0.2, -0.15) is 0 Å². The maximum atomic E-state index is 12.6. The summed E-state index contributed by atoms with van der Waals surface area (Å²) in [5, 5.41) is 4.39. The van der Waals surface area contributed by atoms with Crippen molar-refractivity contribution in [2.24, 2.45) is 0 Å². The molecule has 1 aliphatic rings. The van der Waals surface area contributed by atoms with Gasteiger partial charge >= 0.3 is 0 Å². The van der Waals surface area contributed by atoms with E-state index < -0.39 is 9.84 Å². The molecular formula is C23H18ClN3O3S. The summed E-state index contributed by atoms with van der Waals surface area (Å²) in [4.78, 5) is 9.22. The largest absolute Gasteiger partial charge is 0.439 e. The number of rotatable bonds is 3. The summed E-state index contributed by atoms with van der Waals surface area (Å²) < 4.78 is 31.1. The van der Waals surface area contributed by atoms with Gasteiger partial charge in [-0.15, -0.1) is 0 Å². The second-order valence-corrected chi connectivity index (χ2v) is 9.74.